The monoisotopic (exact) mass is 379 g/mol. The first-order chi connectivity index (χ1) is 12.2. The van der Waals surface area contributed by atoms with Crippen LogP contribution in [0.2, 0.25) is 0 Å². The number of non-ortho nitro benzene ring substituents is 1. The van der Waals surface area contributed by atoms with Crippen molar-refractivity contribution in [2.75, 3.05) is 0 Å². The molecule has 9 nitrogen and oxygen atoms in total. The third kappa shape index (κ3) is 5.26. The quantitative estimate of drug-likeness (QED) is 0.549. The van der Waals surface area contributed by atoms with Crippen LogP contribution in [-0.2, 0) is 21.4 Å². The first-order valence-electron chi connectivity index (χ1n) is 7.47. The minimum Gasteiger partial charge on any atom is -0.481 e. The number of primary sulfonamides is 1. The van der Waals surface area contributed by atoms with Gasteiger partial charge in [-0.15, -0.1) is 0 Å². The van der Waals surface area contributed by atoms with Gasteiger partial charge in [-0.25, -0.2) is 13.6 Å². The molecule has 1 atom stereocenters. The predicted molar refractivity (Wildman–Crippen MR) is 92.8 cm³/mol. The van der Waals surface area contributed by atoms with Crippen LogP contribution in [0.5, 0.6) is 5.75 Å². The zero-order valence-corrected chi connectivity index (χ0v) is 14.6. The highest BCUT2D eigenvalue weighted by Gasteiger charge is 2.15. The van der Waals surface area contributed by atoms with E-state index in [0.717, 1.165) is 0 Å². The molecule has 0 aliphatic heterocycles. The molecule has 3 N–H and O–H groups in total. The average Bonchev–Trinajstić information content (AvgIpc) is 2.59. The Labute approximate surface area is 150 Å². The van der Waals surface area contributed by atoms with E-state index >= 15 is 0 Å². The maximum atomic E-state index is 12.1. The van der Waals surface area contributed by atoms with Crippen molar-refractivity contribution in [1.82, 2.24) is 5.32 Å². The summed E-state index contributed by atoms with van der Waals surface area (Å²) in [7, 11) is -3.76. The number of nitrogens with two attached hydrogens (primary N) is 1. The number of nitro benzene ring substituents is 1. The molecule has 26 heavy (non-hydrogen) atoms. The van der Waals surface area contributed by atoms with E-state index < -0.39 is 21.1 Å². The minimum absolute atomic E-state index is 0.0116. The van der Waals surface area contributed by atoms with Crippen LogP contribution >= 0.6 is 0 Å². The summed E-state index contributed by atoms with van der Waals surface area (Å²) < 4.78 is 27.8. The van der Waals surface area contributed by atoms with Gasteiger partial charge in [-0.05, 0) is 36.8 Å². The number of nitro groups is 1. The lowest BCUT2D eigenvalue weighted by molar-refractivity contribution is -0.384. The fourth-order valence-electron chi connectivity index (χ4n) is 2.03. The Balaban J connectivity index is 1.89. The first-order valence-corrected chi connectivity index (χ1v) is 9.02. The number of hydrogen-bond acceptors (Lipinski definition) is 6. The van der Waals surface area contributed by atoms with Crippen molar-refractivity contribution >= 4 is 21.6 Å². The van der Waals surface area contributed by atoms with Crippen LogP contribution in [0.15, 0.2) is 53.4 Å². The molecular weight excluding hydrogens is 362 g/mol. The van der Waals surface area contributed by atoms with Crippen LogP contribution in [-0.4, -0.2) is 25.4 Å². The molecule has 0 radical (unpaired) electrons. The van der Waals surface area contributed by atoms with Gasteiger partial charge in [0.1, 0.15) is 5.75 Å². The highest BCUT2D eigenvalue weighted by molar-refractivity contribution is 7.89. The first kappa shape index (κ1) is 19.3. The van der Waals surface area contributed by atoms with Gasteiger partial charge < -0.3 is 10.1 Å². The standard InChI is InChI=1S/C16H17N3O6S/c1-11(25-14-6-4-13(5-7-14)19(21)22)16(20)18-10-12-2-8-15(9-3-12)26(17,23)24/h2-9,11H,10H2,1H3,(H,18,20)(H2,17,23,24). The second-order valence-electron chi connectivity index (χ2n) is 5.42. The van der Waals surface area contributed by atoms with Gasteiger partial charge in [-0.1, -0.05) is 12.1 Å². The van der Waals surface area contributed by atoms with E-state index in [1.54, 1.807) is 19.1 Å². The molecule has 2 aromatic carbocycles. The van der Waals surface area contributed by atoms with Gasteiger partial charge in [0, 0.05) is 18.7 Å². The number of nitrogens with one attached hydrogen (secondary N) is 1. The number of rotatable bonds is 7. The normalized spacial score (nSPS) is 12.2. The van der Waals surface area contributed by atoms with Crippen LogP contribution in [0.3, 0.4) is 0 Å². The van der Waals surface area contributed by atoms with Gasteiger partial charge in [0.2, 0.25) is 10.0 Å². The number of carbonyl (C=O) groups is 1. The lowest BCUT2D eigenvalue weighted by Gasteiger charge is -2.14. The van der Waals surface area contributed by atoms with E-state index in [1.807, 2.05) is 0 Å². The summed E-state index contributed by atoms with van der Waals surface area (Å²) >= 11 is 0. The number of amides is 1. The smallest absolute Gasteiger partial charge is 0.269 e. The summed E-state index contributed by atoms with van der Waals surface area (Å²) in [5, 5.41) is 18.3. The number of nitrogens with zero attached hydrogens (tertiary/aromatic N) is 1. The number of carbonyl (C=O) groups excluding carboxylic acids is 1. The van der Waals surface area contributed by atoms with Crippen LogP contribution in [0.4, 0.5) is 5.69 Å². The van der Waals surface area contributed by atoms with Crippen LogP contribution in [0, 0.1) is 10.1 Å². The van der Waals surface area contributed by atoms with Gasteiger partial charge in [0.05, 0.1) is 9.82 Å². The van der Waals surface area contributed by atoms with E-state index in [2.05, 4.69) is 5.32 Å². The SMILES string of the molecule is CC(Oc1ccc([N+](=O)[O-])cc1)C(=O)NCc1ccc(S(N)(=O)=O)cc1. The topological polar surface area (TPSA) is 142 Å². The Hall–Kier alpha value is -2.98. The van der Waals surface area contributed by atoms with E-state index in [-0.39, 0.29) is 23.0 Å². The van der Waals surface area contributed by atoms with Crippen LogP contribution in [0.1, 0.15) is 12.5 Å². The van der Waals surface area contributed by atoms with Crippen molar-refractivity contribution in [3.63, 3.8) is 0 Å². The number of sulfonamides is 1. The van der Waals surface area contributed by atoms with Crippen molar-refractivity contribution in [3.8, 4) is 5.75 Å². The zero-order chi connectivity index (χ0) is 19.3. The Kier molecular flexibility index (Phi) is 5.90. The molecule has 0 heterocycles. The van der Waals surface area contributed by atoms with Gasteiger partial charge in [0.15, 0.2) is 6.10 Å². The molecule has 0 aliphatic carbocycles. The van der Waals surface area contributed by atoms with Gasteiger partial charge in [-0.3, -0.25) is 14.9 Å². The molecule has 1 unspecified atom stereocenters. The Morgan fingerprint density at radius 1 is 1.19 bits per heavy atom. The number of hydrogen-bond donors (Lipinski definition) is 2. The molecule has 0 saturated carbocycles. The third-order valence-electron chi connectivity index (χ3n) is 3.45. The van der Waals surface area contributed by atoms with Crippen LogP contribution in [0.25, 0.3) is 0 Å². The molecule has 138 valence electrons. The molecule has 2 aromatic rings. The second-order valence-corrected chi connectivity index (χ2v) is 6.98. The van der Waals surface area contributed by atoms with Crippen molar-refractivity contribution in [3.05, 3.63) is 64.2 Å². The molecule has 0 fully saturated rings. The van der Waals surface area contributed by atoms with E-state index in [1.165, 1.54) is 36.4 Å². The maximum Gasteiger partial charge on any atom is 0.269 e. The molecule has 10 heteroatoms. The highest BCUT2D eigenvalue weighted by atomic mass is 32.2. The molecule has 0 saturated heterocycles. The number of benzene rings is 2. The molecule has 0 aromatic heterocycles. The summed E-state index contributed by atoms with van der Waals surface area (Å²) in [6.07, 6.45) is -0.819. The zero-order valence-electron chi connectivity index (χ0n) is 13.8. The lowest BCUT2D eigenvalue weighted by atomic mass is 10.2. The lowest BCUT2D eigenvalue weighted by Crippen LogP contribution is -2.35. The average molecular weight is 379 g/mol. The Morgan fingerprint density at radius 2 is 1.77 bits per heavy atom. The van der Waals surface area contributed by atoms with Gasteiger partial charge in [0.25, 0.3) is 11.6 Å². The van der Waals surface area contributed by atoms with Crippen molar-refractivity contribution < 1.29 is 22.9 Å². The summed E-state index contributed by atoms with van der Waals surface area (Å²) in [4.78, 5) is 22.1. The molecule has 1 amide bonds. The summed E-state index contributed by atoms with van der Waals surface area (Å²) in [5.74, 6) is -0.0605. The predicted octanol–water partition coefficient (Wildman–Crippen LogP) is 1.33. The number of ether oxygens (including phenoxy) is 1. The van der Waals surface area contributed by atoms with Crippen molar-refractivity contribution in [1.29, 1.82) is 0 Å². The highest BCUT2D eigenvalue weighted by Crippen LogP contribution is 2.18. The Morgan fingerprint density at radius 3 is 2.27 bits per heavy atom. The summed E-state index contributed by atoms with van der Waals surface area (Å²) in [5.41, 5.74) is 0.616. The fourth-order valence-corrected chi connectivity index (χ4v) is 2.55. The minimum atomic E-state index is -3.76. The van der Waals surface area contributed by atoms with Crippen molar-refractivity contribution in [2.24, 2.45) is 5.14 Å². The van der Waals surface area contributed by atoms with Gasteiger partial charge >= 0.3 is 0 Å². The molecule has 0 spiro atoms. The second kappa shape index (κ2) is 7.93. The summed E-state index contributed by atoms with van der Waals surface area (Å²) in [6.45, 7) is 1.72. The third-order valence-corrected chi connectivity index (χ3v) is 4.38. The fraction of sp³-hybridized carbons (Fsp3) is 0.188. The van der Waals surface area contributed by atoms with E-state index in [4.69, 9.17) is 9.88 Å². The molecule has 2 rings (SSSR count). The molecule has 0 bridgehead atoms. The largest absolute Gasteiger partial charge is 0.481 e. The molecular formula is C16H17N3O6S. The van der Waals surface area contributed by atoms with Crippen LogP contribution < -0.4 is 15.2 Å². The van der Waals surface area contributed by atoms with Gasteiger partial charge in [-0.2, -0.15) is 0 Å². The molecule has 0 aliphatic rings. The van der Waals surface area contributed by atoms with E-state index in [9.17, 15) is 23.3 Å². The van der Waals surface area contributed by atoms with Crippen molar-refractivity contribution in [2.45, 2.75) is 24.5 Å². The van der Waals surface area contributed by atoms with E-state index in [0.29, 0.717) is 11.3 Å². The Bertz CT molecular complexity index is 895. The maximum absolute atomic E-state index is 12.1. The summed E-state index contributed by atoms with van der Waals surface area (Å²) in [6, 6.07) is 11.2.